The smallest absolute Gasteiger partial charge is 0.200 e. The van der Waals surface area contributed by atoms with Crippen molar-refractivity contribution in [3.8, 4) is 84.0 Å². The second kappa shape index (κ2) is 32.0. The summed E-state index contributed by atoms with van der Waals surface area (Å²) in [7, 11) is 0. The third kappa shape index (κ3) is 18.1. The molecular formula is C90H104F10O3. The Morgan fingerprint density at radius 2 is 0.427 bits per heavy atom. The van der Waals surface area contributed by atoms with Crippen molar-refractivity contribution >= 4 is 0 Å². The summed E-state index contributed by atoms with van der Waals surface area (Å²) in [6.07, 6.45) is 0. The van der Waals surface area contributed by atoms with Crippen LogP contribution in [-0.4, -0.2) is 16.8 Å². The Bertz CT molecular complexity index is 4200. The van der Waals surface area contributed by atoms with Gasteiger partial charge in [-0.1, -0.05) is 197 Å². The van der Waals surface area contributed by atoms with Gasteiger partial charge in [0.15, 0.2) is 46.5 Å². The second-order valence-corrected chi connectivity index (χ2v) is 32.2. The van der Waals surface area contributed by atoms with E-state index < -0.39 is 91.8 Å². The van der Waals surface area contributed by atoms with Crippen molar-refractivity contribution in [1.82, 2.24) is 0 Å². The monoisotopic (exact) mass is 1420 g/mol. The molecule has 0 N–H and O–H groups in total. The summed E-state index contributed by atoms with van der Waals surface area (Å²) >= 11 is 0. The molecule has 0 saturated carbocycles. The van der Waals surface area contributed by atoms with Gasteiger partial charge in [-0.15, -0.1) is 0 Å². The zero-order valence-corrected chi connectivity index (χ0v) is 65.3. The maximum Gasteiger partial charge on any atom is 0.200 e. The van der Waals surface area contributed by atoms with E-state index in [4.69, 9.17) is 14.2 Å². The van der Waals surface area contributed by atoms with Gasteiger partial charge >= 0.3 is 0 Å². The van der Waals surface area contributed by atoms with Crippen LogP contribution in [0.4, 0.5) is 43.9 Å². The maximum absolute atomic E-state index is 14.5. The van der Waals surface area contributed by atoms with Crippen molar-refractivity contribution in [2.45, 2.75) is 239 Å². The molecule has 103 heavy (non-hydrogen) atoms. The van der Waals surface area contributed by atoms with Gasteiger partial charge in [0.2, 0.25) is 11.6 Å². The lowest BCUT2D eigenvalue weighted by Gasteiger charge is -2.31. The first-order valence-corrected chi connectivity index (χ1v) is 35.6. The summed E-state index contributed by atoms with van der Waals surface area (Å²) in [6, 6.07) is 34.8. The summed E-state index contributed by atoms with van der Waals surface area (Å²) in [5, 5.41) is 0. The van der Waals surface area contributed by atoms with Gasteiger partial charge in [0.1, 0.15) is 34.1 Å². The summed E-state index contributed by atoms with van der Waals surface area (Å²) in [5.74, 6) is -19.7. The third-order valence-corrected chi connectivity index (χ3v) is 17.9. The minimum absolute atomic E-state index is 0.288. The number of halogens is 10. The highest BCUT2D eigenvalue weighted by atomic mass is 19.2. The van der Waals surface area contributed by atoms with Crippen molar-refractivity contribution in [3.05, 3.63) is 228 Å². The molecule has 0 heterocycles. The van der Waals surface area contributed by atoms with E-state index in [1.807, 2.05) is 0 Å². The molecule has 9 aromatic carbocycles. The number of benzene rings is 9. The Morgan fingerprint density at radius 1 is 0.243 bits per heavy atom. The largest absolute Gasteiger partial charge is 0.487 e. The van der Waals surface area contributed by atoms with E-state index in [2.05, 4.69) is 251 Å². The van der Waals surface area contributed by atoms with Crippen LogP contribution in [-0.2, 0) is 0 Å². The van der Waals surface area contributed by atoms with Crippen LogP contribution in [0.2, 0.25) is 0 Å². The van der Waals surface area contributed by atoms with Gasteiger partial charge in [-0.2, -0.15) is 0 Å². The lowest BCUT2D eigenvalue weighted by molar-refractivity contribution is 0.132. The Hall–Kier alpha value is -8.32. The fourth-order valence-corrected chi connectivity index (χ4v) is 13.5. The van der Waals surface area contributed by atoms with Crippen LogP contribution in [0, 0.1) is 99.7 Å². The molecule has 9 aromatic rings. The van der Waals surface area contributed by atoms with Crippen LogP contribution in [0.25, 0.3) is 66.8 Å². The van der Waals surface area contributed by atoms with Crippen LogP contribution < -0.4 is 14.2 Å². The number of hydrogen-bond acceptors (Lipinski definition) is 3. The zero-order valence-electron chi connectivity index (χ0n) is 65.3. The Labute approximate surface area is 606 Å². The molecule has 0 bridgehead atoms. The number of para-hydroxylation sites is 3. The van der Waals surface area contributed by atoms with E-state index >= 15 is 0 Å². The molecule has 552 valence electrons. The molecule has 0 radical (unpaired) electrons. The number of rotatable bonds is 15. The fraction of sp³-hybridized carbons (Fsp3) is 0.400. The van der Waals surface area contributed by atoms with Crippen molar-refractivity contribution in [1.29, 1.82) is 0 Å². The minimum atomic E-state index is -2.46. The first-order valence-electron chi connectivity index (χ1n) is 35.6. The summed E-state index contributed by atoms with van der Waals surface area (Å²) in [4.78, 5) is 0. The Morgan fingerprint density at radius 3 is 0.612 bits per heavy atom. The van der Waals surface area contributed by atoms with Gasteiger partial charge < -0.3 is 14.2 Å². The first-order chi connectivity index (χ1) is 47.6. The molecule has 0 saturated heterocycles. The highest BCUT2D eigenvalue weighted by Gasteiger charge is 2.35. The highest BCUT2D eigenvalue weighted by molar-refractivity contribution is 5.90. The van der Waals surface area contributed by atoms with E-state index in [9.17, 15) is 43.9 Å². The number of aryl methyl sites for hydroxylation is 6. The van der Waals surface area contributed by atoms with Crippen molar-refractivity contribution < 1.29 is 58.1 Å². The third-order valence-electron chi connectivity index (χ3n) is 17.9. The average Bonchev–Trinajstić information content (AvgIpc) is 0.764. The van der Waals surface area contributed by atoms with Gasteiger partial charge in [0.05, 0.1) is 11.1 Å². The first kappa shape index (κ1) is 82.0. The Kier molecular flexibility index (Phi) is 25.4. The van der Waals surface area contributed by atoms with Gasteiger partial charge in [-0.25, -0.2) is 43.9 Å². The van der Waals surface area contributed by atoms with Gasteiger partial charge in [0, 0.05) is 33.4 Å². The van der Waals surface area contributed by atoms with Gasteiger partial charge in [-0.05, 0) is 217 Å². The quantitative estimate of drug-likeness (QED) is 0.0582. The van der Waals surface area contributed by atoms with E-state index in [1.165, 1.54) is 132 Å². The predicted octanol–water partition coefficient (Wildman–Crippen LogP) is 28.6. The average molecular weight is 1420 g/mol. The van der Waals surface area contributed by atoms with Crippen molar-refractivity contribution in [2.24, 2.45) is 0 Å². The molecule has 0 aliphatic heterocycles. The normalized spacial score (nSPS) is 12.1. The van der Waals surface area contributed by atoms with E-state index in [1.54, 1.807) is 0 Å². The van der Waals surface area contributed by atoms with E-state index in [0.29, 0.717) is 35.5 Å². The standard InChI is InChI=1S/C40H58O.C28H34O.C22H12F10O/c1-23(2)29-19-33(25(5)6)37(34(20-29)26(7)8)31-17-16-18-32(39(31)41-40(13,14)15)38-35(27(9)10)21-30(24(3)4)22-36(38)28(11)12;1-17-13-19(3)25(20(4)14-17)23-11-10-12-24(27(23)29-28(7,8)9)26-21(5)15-18(2)16-22(26)6;1-22(2,3)33-21-7(9-11(23)15(27)19(31)16(28)12(9)24)5-4-6-8(21)10-13(25)17(29)20(32)18(30)14(10)26/h16-28H,1-15H3;10-16H,1-9H3;4-6H,1-3H3. The van der Waals surface area contributed by atoms with Crippen LogP contribution in [0.3, 0.4) is 0 Å². The second-order valence-electron chi connectivity index (χ2n) is 32.2. The molecule has 0 amide bonds. The molecule has 13 heteroatoms. The van der Waals surface area contributed by atoms with E-state index in [0.717, 1.165) is 29.7 Å². The fourth-order valence-electron chi connectivity index (χ4n) is 13.5. The molecular weight excluding hydrogens is 1320 g/mol. The maximum atomic E-state index is 14.5. The number of ether oxygens (including phenoxy) is 3. The van der Waals surface area contributed by atoms with Gasteiger partial charge in [0.25, 0.3) is 0 Å². The SMILES string of the molecule is CC(C)(C)Oc1c(-c2c(F)c(F)c(F)c(F)c2F)cccc1-c1c(F)c(F)c(F)c(F)c1F.CC(C)c1cc(C(C)C)c(-c2cccc(-c3c(C(C)C)cc(C(C)C)cc3C(C)C)c2OC(C)(C)C)c(C(C)C)c1.Cc1cc(C)c(-c2cccc(-c3c(C)cc(C)cc3C)c2OC(C)(C)C)c(C)c1. The molecule has 0 spiro atoms. The molecule has 0 fully saturated rings. The van der Waals surface area contributed by atoms with Crippen molar-refractivity contribution in [3.63, 3.8) is 0 Å². The van der Waals surface area contributed by atoms with Crippen LogP contribution in [0.1, 0.15) is 248 Å². The van der Waals surface area contributed by atoms with Crippen LogP contribution in [0.15, 0.2) is 103 Å². The van der Waals surface area contributed by atoms with Crippen LogP contribution >= 0.6 is 0 Å². The van der Waals surface area contributed by atoms with E-state index in [-0.39, 0.29) is 11.2 Å². The molecule has 0 aliphatic carbocycles. The van der Waals surface area contributed by atoms with Crippen LogP contribution in [0.5, 0.6) is 17.2 Å². The Balaban J connectivity index is 0.000000220. The zero-order chi connectivity index (χ0) is 77.5. The summed E-state index contributed by atoms with van der Waals surface area (Å²) in [6.45, 7) is 58.0. The summed E-state index contributed by atoms with van der Waals surface area (Å²) < 4.78 is 159. The lowest BCUT2D eigenvalue weighted by Crippen LogP contribution is -2.24. The summed E-state index contributed by atoms with van der Waals surface area (Å²) in [5.41, 5.74) is 19.6. The molecule has 0 aromatic heterocycles. The highest BCUT2D eigenvalue weighted by Crippen LogP contribution is 2.52. The van der Waals surface area contributed by atoms with Gasteiger partial charge in [-0.3, -0.25) is 0 Å². The minimum Gasteiger partial charge on any atom is -0.487 e. The van der Waals surface area contributed by atoms with Crippen molar-refractivity contribution in [2.75, 3.05) is 0 Å². The topological polar surface area (TPSA) is 27.7 Å². The molecule has 9 rings (SSSR count). The number of hydrogen-bond donors (Lipinski definition) is 0. The molecule has 3 nitrogen and oxygen atoms in total. The molecule has 0 aliphatic rings. The lowest BCUT2D eigenvalue weighted by atomic mass is 9.78. The molecule has 0 unspecified atom stereocenters. The predicted molar refractivity (Wildman–Crippen MR) is 406 cm³/mol. The molecule has 0 atom stereocenters.